The number of thiazole rings is 1. The zero-order chi connectivity index (χ0) is 18.3. The molecule has 0 atom stereocenters. The quantitative estimate of drug-likeness (QED) is 0.777. The summed E-state index contributed by atoms with van der Waals surface area (Å²) >= 11 is 0.322. The van der Waals surface area contributed by atoms with E-state index in [0.717, 1.165) is 5.38 Å². The first-order valence-electron chi connectivity index (χ1n) is 6.68. The molecule has 0 saturated heterocycles. The zero-order valence-electron chi connectivity index (χ0n) is 12.8. The molecule has 0 bridgehead atoms. The minimum Gasteiger partial charge on any atom is -0.386 e. The van der Waals surface area contributed by atoms with Gasteiger partial charge < -0.3 is 15.8 Å². The van der Waals surface area contributed by atoms with E-state index in [0.29, 0.717) is 16.9 Å². The average Bonchev–Trinajstić information content (AvgIpc) is 2.91. The Balaban J connectivity index is 2.28. The predicted molar refractivity (Wildman–Crippen MR) is 83.9 cm³/mol. The Kier molecular flexibility index (Phi) is 4.51. The molecule has 0 spiro atoms. The maximum Gasteiger partial charge on any atom is 0.443 e. The van der Waals surface area contributed by atoms with E-state index in [1.807, 2.05) is 0 Å². The molecule has 0 aromatic carbocycles. The molecule has 128 valence electrons. The lowest BCUT2D eigenvalue weighted by Crippen LogP contribution is -2.34. The minimum atomic E-state index is -4.62. The van der Waals surface area contributed by atoms with E-state index in [1.165, 1.54) is 26.0 Å². The Morgan fingerprint density at radius 1 is 1.38 bits per heavy atom. The van der Waals surface area contributed by atoms with E-state index in [-0.39, 0.29) is 22.7 Å². The van der Waals surface area contributed by atoms with Crippen LogP contribution in [-0.2, 0) is 6.18 Å². The standard InChI is InChI=1S/C15H14F3N3O2S/c1-7-4-10(8(5-9(7)19)14(2,3)23)20-12(22)11-6-24-13(21-11)15(16,17)18/h4-6,19,23H,1H2,2-3H3,(H,20,22). The van der Waals surface area contributed by atoms with Crippen LogP contribution >= 0.6 is 11.3 Å². The van der Waals surface area contributed by atoms with E-state index in [2.05, 4.69) is 16.9 Å². The topological polar surface area (TPSA) is 86.1 Å². The summed E-state index contributed by atoms with van der Waals surface area (Å²) in [5, 5.41) is 20.2. The summed E-state index contributed by atoms with van der Waals surface area (Å²) in [5.74, 6) is -0.843. The number of halogens is 3. The summed E-state index contributed by atoms with van der Waals surface area (Å²) in [6, 6.07) is 0. The van der Waals surface area contributed by atoms with Crippen LogP contribution in [0.25, 0.3) is 0 Å². The van der Waals surface area contributed by atoms with Gasteiger partial charge in [-0.3, -0.25) is 4.79 Å². The largest absolute Gasteiger partial charge is 0.443 e. The summed E-state index contributed by atoms with van der Waals surface area (Å²) in [7, 11) is 0. The second-order valence-electron chi connectivity index (χ2n) is 5.60. The van der Waals surface area contributed by atoms with Gasteiger partial charge in [-0.05, 0) is 31.6 Å². The number of aliphatic hydroxyl groups is 1. The smallest absolute Gasteiger partial charge is 0.386 e. The minimum absolute atomic E-state index is 0.0677. The number of carbonyl (C=O) groups excluding carboxylic acids is 1. The normalized spacial score (nSPS) is 15.9. The van der Waals surface area contributed by atoms with Crippen molar-refractivity contribution in [3.05, 3.63) is 51.7 Å². The first-order valence-corrected chi connectivity index (χ1v) is 7.56. The van der Waals surface area contributed by atoms with E-state index in [9.17, 15) is 23.1 Å². The number of aromatic nitrogens is 1. The number of hydrogen-bond donors (Lipinski definition) is 3. The molecule has 0 saturated carbocycles. The first-order chi connectivity index (χ1) is 10.9. The first kappa shape index (κ1) is 18.1. The fourth-order valence-electron chi connectivity index (χ4n) is 1.95. The van der Waals surface area contributed by atoms with Gasteiger partial charge in [0.2, 0.25) is 0 Å². The Hall–Kier alpha value is -2.26. The average molecular weight is 357 g/mol. The highest BCUT2D eigenvalue weighted by Crippen LogP contribution is 2.32. The highest BCUT2D eigenvalue weighted by molar-refractivity contribution is 7.09. The molecular weight excluding hydrogens is 343 g/mol. The molecule has 9 heteroatoms. The molecule has 1 aromatic heterocycles. The van der Waals surface area contributed by atoms with Crippen LogP contribution in [0.3, 0.4) is 0 Å². The number of allylic oxidation sites excluding steroid dienone is 3. The molecule has 1 heterocycles. The molecule has 0 fully saturated rings. The third kappa shape index (κ3) is 3.80. The van der Waals surface area contributed by atoms with Gasteiger partial charge >= 0.3 is 6.18 Å². The van der Waals surface area contributed by atoms with E-state index >= 15 is 0 Å². The maximum absolute atomic E-state index is 12.6. The molecule has 3 N–H and O–H groups in total. The van der Waals surface area contributed by atoms with Gasteiger partial charge in [0.05, 0.1) is 11.3 Å². The Labute approximate surface area is 139 Å². The number of rotatable bonds is 3. The van der Waals surface area contributed by atoms with Gasteiger partial charge in [-0.25, -0.2) is 4.98 Å². The molecule has 0 radical (unpaired) electrons. The third-order valence-electron chi connectivity index (χ3n) is 3.13. The van der Waals surface area contributed by atoms with Crippen molar-refractivity contribution in [2.24, 2.45) is 0 Å². The van der Waals surface area contributed by atoms with Crippen LogP contribution in [-0.4, -0.2) is 27.3 Å². The number of nitrogens with one attached hydrogen (secondary N) is 2. The van der Waals surface area contributed by atoms with E-state index in [1.54, 1.807) is 0 Å². The fourth-order valence-corrected chi connectivity index (χ4v) is 2.62. The molecule has 2 rings (SSSR count). The van der Waals surface area contributed by atoms with Crippen molar-refractivity contribution in [1.82, 2.24) is 10.3 Å². The Morgan fingerprint density at radius 2 is 2.00 bits per heavy atom. The molecule has 1 amide bonds. The van der Waals surface area contributed by atoms with Gasteiger partial charge in [-0.2, -0.15) is 13.2 Å². The maximum atomic E-state index is 12.6. The highest BCUT2D eigenvalue weighted by Gasteiger charge is 2.35. The van der Waals surface area contributed by atoms with Crippen molar-refractivity contribution >= 4 is 23.0 Å². The zero-order valence-corrected chi connectivity index (χ0v) is 13.6. The monoisotopic (exact) mass is 357 g/mol. The number of amides is 1. The van der Waals surface area contributed by atoms with Crippen LogP contribution in [0.4, 0.5) is 13.2 Å². The molecule has 24 heavy (non-hydrogen) atoms. The van der Waals surface area contributed by atoms with Crippen molar-refractivity contribution in [3.8, 4) is 0 Å². The molecule has 1 aliphatic carbocycles. The van der Waals surface area contributed by atoms with Crippen molar-refractivity contribution in [2.45, 2.75) is 25.6 Å². The van der Waals surface area contributed by atoms with Gasteiger partial charge in [0.15, 0.2) is 5.01 Å². The second kappa shape index (κ2) is 5.99. The fraction of sp³-hybridized carbons (Fsp3) is 0.267. The Morgan fingerprint density at radius 3 is 2.50 bits per heavy atom. The van der Waals surface area contributed by atoms with E-state index in [4.69, 9.17) is 5.41 Å². The summed E-state index contributed by atoms with van der Waals surface area (Å²) in [4.78, 5) is 15.4. The Bertz CT molecular complexity index is 783. The number of hydrogen-bond acceptors (Lipinski definition) is 5. The van der Waals surface area contributed by atoms with Crippen molar-refractivity contribution in [1.29, 1.82) is 5.41 Å². The summed E-state index contributed by atoms with van der Waals surface area (Å²) in [6.45, 7) is 6.56. The summed E-state index contributed by atoms with van der Waals surface area (Å²) in [5.41, 5.74) is -0.972. The van der Waals surface area contributed by atoms with E-state index < -0.39 is 22.7 Å². The molecule has 1 aromatic rings. The molecule has 0 unspecified atom stereocenters. The van der Waals surface area contributed by atoms with Crippen LogP contribution < -0.4 is 5.32 Å². The number of alkyl halides is 3. The third-order valence-corrected chi connectivity index (χ3v) is 4.02. The molecule has 5 nitrogen and oxygen atoms in total. The number of nitrogens with zero attached hydrogens (tertiary/aromatic N) is 1. The van der Waals surface area contributed by atoms with Gasteiger partial charge in [0, 0.05) is 16.7 Å². The molecule has 1 aliphatic rings. The lowest BCUT2D eigenvalue weighted by atomic mass is 9.88. The van der Waals surface area contributed by atoms with Crippen LogP contribution in [0.2, 0.25) is 0 Å². The van der Waals surface area contributed by atoms with Gasteiger partial charge in [0.1, 0.15) is 5.69 Å². The van der Waals surface area contributed by atoms with Gasteiger partial charge in [-0.15, -0.1) is 11.3 Å². The SMILES string of the molecule is C=C1C=C(NC(=O)c2csc(C(F)(F)F)n2)C(C(C)(C)O)=CC1=N. The second-order valence-corrected chi connectivity index (χ2v) is 6.46. The van der Waals surface area contributed by atoms with Crippen LogP contribution in [0.15, 0.2) is 41.0 Å². The number of carbonyl (C=O) groups is 1. The lowest BCUT2D eigenvalue weighted by molar-refractivity contribution is -0.137. The molecular formula is C15H14F3N3O2S. The van der Waals surface area contributed by atoms with Gasteiger partial charge in [-0.1, -0.05) is 6.58 Å². The summed E-state index contributed by atoms with van der Waals surface area (Å²) in [6.07, 6.45) is -1.89. The van der Waals surface area contributed by atoms with Crippen molar-refractivity contribution < 1.29 is 23.1 Å². The van der Waals surface area contributed by atoms with Crippen LogP contribution in [0.5, 0.6) is 0 Å². The van der Waals surface area contributed by atoms with Crippen molar-refractivity contribution in [3.63, 3.8) is 0 Å². The van der Waals surface area contributed by atoms with Crippen molar-refractivity contribution in [2.75, 3.05) is 0 Å². The molecule has 0 aliphatic heterocycles. The van der Waals surface area contributed by atoms with Crippen LogP contribution in [0, 0.1) is 5.41 Å². The van der Waals surface area contributed by atoms with Gasteiger partial charge in [0.25, 0.3) is 5.91 Å². The van der Waals surface area contributed by atoms with Crippen LogP contribution in [0.1, 0.15) is 29.3 Å². The predicted octanol–water partition coefficient (Wildman–Crippen LogP) is 3.06. The summed E-state index contributed by atoms with van der Waals surface area (Å²) < 4.78 is 37.7. The highest BCUT2D eigenvalue weighted by atomic mass is 32.1. The lowest BCUT2D eigenvalue weighted by Gasteiger charge is -2.27.